The maximum Gasteiger partial charge on any atom is 0.252 e. The van der Waals surface area contributed by atoms with E-state index in [1.807, 2.05) is 0 Å². The van der Waals surface area contributed by atoms with Gasteiger partial charge in [0, 0.05) is 68.2 Å². The van der Waals surface area contributed by atoms with Gasteiger partial charge in [0.2, 0.25) is 0 Å². The first-order valence-electron chi connectivity index (χ1n) is 33.7. The van der Waals surface area contributed by atoms with Gasteiger partial charge in [-0.1, -0.05) is 183 Å². The van der Waals surface area contributed by atoms with E-state index in [0.29, 0.717) is 0 Å². The lowest BCUT2D eigenvalue weighted by atomic mass is 9.30. The Labute approximate surface area is 546 Å². The van der Waals surface area contributed by atoms with Crippen LogP contribution in [0.3, 0.4) is 0 Å². The number of fused-ring (bicyclic) bond motifs is 10. The molecular weight excluding hydrogens is 1110 g/mol. The average molecular weight is 1190 g/mol. The summed E-state index contributed by atoms with van der Waals surface area (Å²) in [6.07, 6.45) is 4.64. The van der Waals surface area contributed by atoms with E-state index >= 15 is 0 Å². The van der Waals surface area contributed by atoms with Crippen molar-refractivity contribution in [3.63, 3.8) is 0 Å². The van der Waals surface area contributed by atoms with Gasteiger partial charge >= 0.3 is 0 Å². The van der Waals surface area contributed by atoms with E-state index in [1.54, 1.807) is 0 Å². The molecule has 0 amide bonds. The van der Waals surface area contributed by atoms with Gasteiger partial charge in [-0.15, -0.1) is 0 Å². The third-order valence-electron chi connectivity index (χ3n) is 22.8. The van der Waals surface area contributed by atoms with Crippen LogP contribution in [0.1, 0.15) is 126 Å². The van der Waals surface area contributed by atoms with E-state index in [2.05, 4.69) is 321 Å². The molecule has 17 rings (SSSR count). The number of para-hydroxylation sites is 4. The highest BCUT2D eigenvalue weighted by Gasteiger charge is 2.50. The monoisotopic (exact) mass is 1190 g/mol. The van der Waals surface area contributed by atoms with Crippen molar-refractivity contribution in [3.05, 3.63) is 263 Å². The highest BCUT2D eigenvalue weighted by molar-refractivity contribution is 7.03. The molecule has 4 nitrogen and oxygen atoms in total. The quantitative estimate of drug-likeness (QED) is 0.154. The van der Waals surface area contributed by atoms with Gasteiger partial charge in [-0.25, -0.2) is 0 Å². The SMILES string of the molecule is Cc1cccc(C)c1-c1cc2c3c(c1)N(c1ccccc1)c1cc4c(cc1B3c1ccccc1N2c1ccc2c(c1)C(C)(C)CCC2(C)C)B1c2ccccc2N(c2ccc3c(c2)C(C)(C)CCC3(C)C)c2cc(-c3c(C)cccc3C)cc(c21)N4c1ccccc1. The second-order valence-electron chi connectivity index (χ2n) is 30.4. The second kappa shape index (κ2) is 20.1. The maximum atomic E-state index is 2.69. The predicted molar refractivity (Wildman–Crippen MR) is 395 cm³/mol. The Morgan fingerprint density at radius 3 is 0.957 bits per heavy atom. The lowest BCUT2D eigenvalue weighted by Gasteiger charge is -2.48. The van der Waals surface area contributed by atoms with Crippen LogP contribution in [-0.2, 0) is 21.7 Å². The fourth-order valence-corrected chi connectivity index (χ4v) is 17.9. The summed E-state index contributed by atoms with van der Waals surface area (Å²) in [6, 6.07) is 85.4. The van der Waals surface area contributed by atoms with E-state index < -0.39 is 0 Å². The van der Waals surface area contributed by atoms with Gasteiger partial charge in [0.25, 0.3) is 13.4 Å². The molecule has 4 heterocycles. The van der Waals surface area contributed by atoms with Gasteiger partial charge in [-0.05, 0) is 266 Å². The van der Waals surface area contributed by atoms with Crippen molar-refractivity contribution in [1.82, 2.24) is 0 Å². The number of nitrogens with zero attached hydrogens (tertiary/aromatic N) is 4. The van der Waals surface area contributed by atoms with Crippen LogP contribution in [0, 0.1) is 27.7 Å². The molecule has 0 saturated heterocycles. The summed E-state index contributed by atoms with van der Waals surface area (Å²) in [5, 5.41) is 0. The average Bonchev–Trinajstić information content (AvgIpc) is 0.686. The largest absolute Gasteiger partial charge is 0.311 e. The zero-order valence-corrected chi connectivity index (χ0v) is 55.6. The van der Waals surface area contributed by atoms with Crippen LogP contribution in [0.25, 0.3) is 22.3 Å². The molecule has 92 heavy (non-hydrogen) atoms. The van der Waals surface area contributed by atoms with Crippen molar-refractivity contribution in [2.45, 2.75) is 130 Å². The first-order valence-corrected chi connectivity index (χ1v) is 33.7. The zero-order valence-electron chi connectivity index (χ0n) is 55.6. The molecule has 6 heteroatoms. The Balaban J connectivity index is 0.982. The molecule has 0 spiro atoms. The van der Waals surface area contributed by atoms with Crippen LogP contribution >= 0.6 is 0 Å². The number of aryl methyl sites for hydroxylation is 4. The molecule has 0 aromatic heterocycles. The molecule has 0 unspecified atom stereocenters. The second-order valence-corrected chi connectivity index (χ2v) is 30.4. The first-order chi connectivity index (χ1) is 44.3. The minimum Gasteiger partial charge on any atom is -0.311 e. The Morgan fingerprint density at radius 1 is 0.261 bits per heavy atom. The highest BCUT2D eigenvalue weighted by atomic mass is 15.2. The fourth-order valence-electron chi connectivity index (χ4n) is 17.9. The zero-order chi connectivity index (χ0) is 63.1. The molecular formula is C86H80B2N4. The summed E-state index contributed by atoms with van der Waals surface area (Å²) in [4.78, 5) is 10.6. The van der Waals surface area contributed by atoms with Gasteiger partial charge in [0.05, 0.1) is 0 Å². The summed E-state index contributed by atoms with van der Waals surface area (Å²) in [6.45, 7) is 28.6. The lowest BCUT2D eigenvalue weighted by molar-refractivity contribution is 0.332. The van der Waals surface area contributed by atoms with Gasteiger partial charge in [-0.3, -0.25) is 0 Å². The molecule has 0 fully saturated rings. The normalized spacial score (nSPS) is 17.0. The number of hydrogen-bond donors (Lipinski definition) is 0. The van der Waals surface area contributed by atoms with Gasteiger partial charge in [-0.2, -0.15) is 0 Å². The van der Waals surface area contributed by atoms with Gasteiger partial charge in [0.15, 0.2) is 0 Å². The Bertz CT molecular complexity index is 4570. The van der Waals surface area contributed by atoms with Crippen molar-refractivity contribution in [3.8, 4) is 22.3 Å². The van der Waals surface area contributed by atoms with Gasteiger partial charge in [0.1, 0.15) is 0 Å². The van der Waals surface area contributed by atoms with Crippen molar-refractivity contribution >= 4 is 114 Å². The van der Waals surface area contributed by atoms with Crippen LogP contribution in [0.15, 0.2) is 218 Å². The number of anilines is 12. The number of benzene rings is 11. The van der Waals surface area contributed by atoms with Crippen molar-refractivity contribution in [2.24, 2.45) is 0 Å². The molecule has 0 bridgehead atoms. The predicted octanol–water partition coefficient (Wildman–Crippen LogP) is 19.1. The van der Waals surface area contributed by atoms with Crippen LogP contribution in [0.2, 0.25) is 0 Å². The van der Waals surface area contributed by atoms with E-state index in [-0.39, 0.29) is 35.1 Å². The van der Waals surface area contributed by atoms with Crippen molar-refractivity contribution in [1.29, 1.82) is 0 Å². The van der Waals surface area contributed by atoms with E-state index in [4.69, 9.17) is 0 Å². The number of hydrogen-bond acceptors (Lipinski definition) is 4. The van der Waals surface area contributed by atoms with Crippen LogP contribution < -0.4 is 52.4 Å². The lowest BCUT2D eigenvalue weighted by Crippen LogP contribution is -2.65. The van der Waals surface area contributed by atoms with Gasteiger partial charge < -0.3 is 19.6 Å². The van der Waals surface area contributed by atoms with E-state index in [1.165, 1.54) is 169 Å². The Kier molecular flexibility index (Phi) is 12.4. The molecule has 0 radical (unpaired) electrons. The highest BCUT2D eigenvalue weighted by Crippen LogP contribution is 2.55. The molecule has 11 aromatic carbocycles. The minimum atomic E-state index is -0.108. The molecule has 450 valence electrons. The van der Waals surface area contributed by atoms with Crippen LogP contribution in [0.5, 0.6) is 0 Å². The fraction of sp³-hybridized carbons (Fsp3) is 0.233. The summed E-state index contributed by atoms with van der Waals surface area (Å²) in [5.41, 5.74) is 38.5. The Hall–Kier alpha value is -9.25. The summed E-state index contributed by atoms with van der Waals surface area (Å²) in [5.74, 6) is 0. The molecule has 0 atom stereocenters. The molecule has 0 saturated carbocycles. The smallest absolute Gasteiger partial charge is 0.252 e. The van der Waals surface area contributed by atoms with E-state index in [9.17, 15) is 0 Å². The summed E-state index contributed by atoms with van der Waals surface area (Å²) in [7, 11) is 0. The Morgan fingerprint density at radius 2 is 0.587 bits per heavy atom. The van der Waals surface area contributed by atoms with Crippen molar-refractivity contribution in [2.75, 3.05) is 19.6 Å². The maximum absolute atomic E-state index is 2.69. The topological polar surface area (TPSA) is 13.0 Å². The third kappa shape index (κ3) is 8.30. The first kappa shape index (κ1) is 56.7. The molecule has 0 N–H and O–H groups in total. The van der Waals surface area contributed by atoms with E-state index in [0.717, 1.165) is 24.2 Å². The van der Waals surface area contributed by atoms with Crippen molar-refractivity contribution < 1.29 is 0 Å². The molecule has 11 aromatic rings. The minimum absolute atomic E-state index is 0.0247. The summed E-state index contributed by atoms with van der Waals surface area (Å²) < 4.78 is 0. The van der Waals surface area contributed by atoms with Crippen LogP contribution in [0.4, 0.5) is 68.2 Å². The molecule has 6 aliphatic rings. The molecule has 2 aliphatic carbocycles. The summed E-state index contributed by atoms with van der Waals surface area (Å²) >= 11 is 0. The third-order valence-corrected chi connectivity index (χ3v) is 22.8. The number of rotatable bonds is 6. The van der Waals surface area contributed by atoms with Crippen LogP contribution in [-0.4, -0.2) is 13.4 Å². The standard InChI is InChI=1S/C86H80B2N4/c1-53-25-23-26-54(2)79(53)57-45-75-81-77(47-57)91(61-37-39-63-65(49-61)85(9,10)43-41-83(63,5)6)71-35-21-19-33-67(71)87(81)69-51-70-74(52-73(69)89(75)59-29-15-13-16-30-59)90(60-31-17-14-18-32-60)76-46-58(80-55(3)27-24-28-56(80)4)48-78-82(76)88(70)68-34-20-22-36-72(68)92(78)62-38-40-64-66(50-62)86(11,12)44-42-84(64,7)8/h13-40,45-52H,41-44H2,1-12H3. The molecule has 4 aliphatic heterocycles.